The number of urea groups is 1. The molecule has 0 radical (unpaired) electrons. The summed E-state index contributed by atoms with van der Waals surface area (Å²) in [7, 11) is 0. The van der Waals surface area contributed by atoms with Gasteiger partial charge >= 0.3 is 12.0 Å². The Morgan fingerprint density at radius 2 is 2.12 bits per heavy atom. The first-order chi connectivity index (χ1) is 7.50. The first-order valence-corrected chi connectivity index (χ1v) is 6.53. The van der Waals surface area contributed by atoms with Crippen LogP contribution in [0.15, 0.2) is 0 Å². The van der Waals surface area contributed by atoms with Gasteiger partial charge in [0.15, 0.2) is 0 Å². The number of rotatable bonds is 4. The summed E-state index contributed by atoms with van der Waals surface area (Å²) in [5.41, 5.74) is 0. The number of carboxylic acids is 1. The first-order valence-electron chi connectivity index (χ1n) is 5.38. The molecule has 2 amide bonds. The maximum absolute atomic E-state index is 11.5. The van der Waals surface area contributed by atoms with E-state index in [0.29, 0.717) is 0 Å². The molecule has 0 bridgehead atoms. The minimum atomic E-state index is -0.994. The molecule has 1 aliphatic heterocycles. The summed E-state index contributed by atoms with van der Waals surface area (Å²) >= 11 is 1.80. The SMILES string of the molecule is CC(C)[C@H](NC(=O)NC1CCSC1)C(=O)O. The van der Waals surface area contributed by atoms with Crippen LogP contribution in [0.25, 0.3) is 0 Å². The second-order valence-electron chi connectivity index (χ2n) is 4.24. The number of hydrogen-bond donors (Lipinski definition) is 3. The lowest BCUT2D eigenvalue weighted by atomic mass is 10.1. The number of aliphatic carboxylic acids is 1. The summed E-state index contributed by atoms with van der Waals surface area (Å²) in [5.74, 6) is 0.844. The Morgan fingerprint density at radius 3 is 2.56 bits per heavy atom. The number of amides is 2. The molecule has 0 aromatic heterocycles. The maximum atomic E-state index is 11.5. The molecule has 0 aliphatic carbocycles. The van der Waals surface area contributed by atoms with E-state index in [9.17, 15) is 9.59 Å². The van der Waals surface area contributed by atoms with Crippen LogP contribution in [0.4, 0.5) is 4.79 Å². The molecule has 92 valence electrons. The minimum absolute atomic E-state index is 0.124. The van der Waals surface area contributed by atoms with Crippen molar-refractivity contribution in [2.75, 3.05) is 11.5 Å². The second-order valence-corrected chi connectivity index (χ2v) is 5.39. The molecule has 16 heavy (non-hydrogen) atoms. The Labute approximate surface area is 99.4 Å². The van der Waals surface area contributed by atoms with Crippen LogP contribution in [0, 0.1) is 5.92 Å². The number of carbonyl (C=O) groups is 2. The van der Waals surface area contributed by atoms with Crippen molar-refractivity contribution in [3.63, 3.8) is 0 Å². The third kappa shape index (κ3) is 3.92. The fourth-order valence-electron chi connectivity index (χ4n) is 1.53. The van der Waals surface area contributed by atoms with Crippen LogP contribution in [-0.4, -0.2) is 40.7 Å². The van der Waals surface area contributed by atoms with Crippen molar-refractivity contribution in [2.45, 2.75) is 32.4 Å². The third-order valence-corrected chi connectivity index (χ3v) is 3.65. The lowest BCUT2D eigenvalue weighted by Crippen LogP contribution is -2.51. The van der Waals surface area contributed by atoms with Crippen LogP contribution in [0.1, 0.15) is 20.3 Å². The molecule has 1 heterocycles. The predicted molar refractivity (Wildman–Crippen MR) is 63.7 cm³/mol. The largest absolute Gasteiger partial charge is 0.480 e. The summed E-state index contributed by atoms with van der Waals surface area (Å²) in [4.78, 5) is 22.4. The first kappa shape index (κ1) is 13.2. The average molecular weight is 246 g/mol. The van der Waals surface area contributed by atoms with Crippen molar-refractivity contribution in [3.8, 4) is 0 Å². The van der Waals surface area contributed by atoms with Gasteiger partial charge in [-0.2, -0.15) is 11.8 Å². The molecule has 1 aliphatic rings. The van der Waals surface area contributed by atoms with Gasteiger partial charge in [-0.1, -0.05) is 13.8 Å². The highest BCUT2D eigenvalue weighted by Gasteiger charge is 2.25. The molecule has 0 spiro atoms. The summed E-state index contributed by atoms with van der Waals surface area (Å²) < 4.78 is 0. The highest BCUT2D eigenvalue weighted by Crippen LogP contribution is 2.16. The van der Waals surface area contributed by atoms with Crippen LogP contribution < -0.4 is 10.6 Å². The van der Waals surface area contributed by atoms with Crippen LogP contribution >= 0.6 is 11.8 Å². The number of thioether (sulfide) groups is 1. The Balaban J connectivity index is 2.38. The Kier molecular flexibility index (Phi) is 4.92. The summed E-state index contributed by atoms with van der Waals surface area (Å²) in [6.07, 6.45) is 0.956. The molecule has 0 aromatic rings. The van der Waals surface area contributed by atoms with E-state index in [1.807, 2.05) is 0 Å². The molecule has 5 nitrogen and oxygen atoms in total. The molecule has 1 unspecified atom stereocenters. The molecule has 2 atom stereocenters. The zero-order valence-corrected chi connectivity index (χ0v) is 10.3. The van der Waals surface area contributed by atoms with E-state index >= 15 is 0 Å². The van der Waals surface area contributed by atoms with E-state index < -0.39 is 12.0 Å². The van der Waals surface area contributed by atoms with Gasteiger partial charge in [-0.15, -0.1) is 0 Å². The highest BCUT2D eigenvalue weighted by molar-refractivity contribution is 7.99. The molecule has 3 N–H and O–H groups in total. The Bertz CT molecular complexity index is 265. The van der Waals surface area contributed by atoms with Crippen molar-refractivity contribution in [1.29, 1.82) is 0 Å². The normalized spacial score (nSPS) is 21.8. The van der Waals surface area contributed by atoms with Crippen LogP contribution in [0.5, 0.6) is 0 Å². The zero-order valence-electron chi connectivity index (χ0n) is 9.53. The van der Waals surface area contributed by atoms with Crippen molar-refractivity contribution in [3.05, 3.63) is 0 Å². The van der Waals surface area contributed by atoms with Crippen LogP contribution in [0.2, 0.25) is 0 Å². The summed E-state index contributed by atoms with van der Waals surface area (Å²) in [5, 5.41) is 14.2. The van der Waals surface area contributed by atoms with E-state index in [1.54, 1.807) is 25.6 Å². The Morgan fingerprint density at radius 1 is 1.44 bits per heavy atom. The average Bonchev–Trinajstić information content (AvgIpc) is 2.65. The van der Waals surface area contributed by atoms with Crippen molar-refractivity contribution in [2.24, 2.45) is 5.92 Å². The van der Waals surface area contributed by atoms with Gasteiger partial charge in [0.1, 0.15) is 6.04 Å². The van der Waals surface area contributed by atoms with Crippen molar-refractivity contribution >= 4 is 23.8 Å². The molecule has 1 saturated heterocycles. The van der Waals surface area contributed by atoms with Crippen molar-refractivity contribution in [1.82, 2.24) is 10.6 Å². The smallest absolute Gasteiger partial charge is 0.326 e. The number of carbonyl (C=O) groups excluding carboxylic acids is 1. The van der Waals surface area contributed by atoms with E-state index in [0.717, 1.165) is 17.9 Å². The molecule has 1 rings (SSSR count). The number of hydrogen-bond acceptors (Lipinski definition) is 3. The standard InChI is InChI=1S/C10H18N2O3S/c1-6(2)8(9(13)14)12-10(15)11-7-3-4-16-5-7/h6-8H,3-5H2,1-2H3,(H,13,14)(H2,11,12,15)/t7?,8-/m0/s1. The lowest BCUT2D eigenvalue weighted by molar-refractivity contribution is -0.140. The topological polar surface area (TPSA) is 78.4 Å². The quantitative estimate of drug-likeness (QED) is 0.688. The maximum Gasteiger partial charge on any atom is 0.326 e. The van der Waals surface area contributed by atoms with Crippen molar-refractivity contribution < 1.29 is 14.7 Å². The van der Waals surface area contributed by atoms with Gasteiger partial charge in [0.05, 0.1) is 0 Å². The van der Waals surface area contributed by atoms with E-state index in [4.69, 9.17) is 5.11 Å². The van der Waals surface area contributed by atoms with Gasteiger partial charge in [-0.25, -0.2) is 9.59 Å². The monoisotopic (exact) mass is 246 g/mol. The zero-order chi connectivity index (χ0) is 12.1. The van der Waals surface area contributed by atoms with Crippen LogP contribution in [-0.2, 0) is 4.79 Å². The van der Waals surface area contributed by atoms with Gasteiger partial charge in [-0.05, 0) is 18.1 Å². The molecule has 0 aromatic carbocycles. The van der Waals surface area contributed by atoms with Crippen LogP contribution in [0.3, 0.4) is 0 Å². The molecule has 0 saturated carbocycles. The van der Waals surface area contributed by atoms with E-state index in [1.165, 1.54) is 0 Å². The third-order valence-electron chi connectivity index (χ3n) is 2.48. The van der Waals surface area contributed by atoms with Gasteiger partial charge < -0.3 is 15.7 Å². The second kappa shape index (κ2) is 5.98. The van der Waals surface area contributed by atoms with Gasteiger partial charge in [0.25, 0.3) is 0 Å². The van der Waals surface area contributed by atoms with Gasteiger partial charge in [0, 0.05) is 11.8 Å². The van der Waals surface area contributed by atoms with Gasteiger partial charge in [-0.3, -0.25) is 0 Å². The Hall–Kier alpha value is -0.910. The highest BCUT2D eigenvalue weighted by atomic mass is 32.2. The van der Waals surface area contributed by atoms with E-state index in [-0.39, 0.29) is 18.0 Å². The number of carboxylic acid groups (broad SMARTS) is 1. The molecular weight excluding hydrogens is 228 g/mol. The minimum Gasteiger partial charge on any atom is -0.480 e. The molecule has 6 heteroatoms. The lowest BCUT2D eigenvalue weighted by Gasteiger charge is -2.19. The fourth-order valence-corrected chi connectivity index (χ4v) is 2.68. The molecular formula is C10H18N2O3S. The molecule has 1 fully saturated rings. The van der Waals surface area contributed by atoms with Gasteiger partial charge in [0.2, 0.25) is 0 Å². The summed E-state index contributed by atoms with van der Waals surface area (Å²) in [6, 6.07) is -1.03. The van der Waals surface area contributed by atoms with E-state index in [2.05, 4.69) is 10.6 Å². The predicted octanol–water partition coefficient (Wildman–Crippen LogP) is 0.900. The summed E-state index contributed by atoms with van der Waals surface area (Å²) in [6.45, 7) is 3.54. The number of nitrogens with one attached hydrogen (secondary N) is 2. The fraction of sp³-hybridized carbons (Fsp3) is 0.800.